The molecule has 0 amide bonds. The zero-order valence-corrected chi connectivity index (χ0v) is 10.2. The van der Waals surface area contributed by atoms with E-state index >= 15 is 0 Å². The fourth-order valence-electron chi connectivity index (χ4n) is 1.95. The topological polar surface area (TPSA) is 79.1 Å². The van der Waals surface area contributed by atoms with E-state index < -0.39 is 0 Å². The fraction of sp³-hybridized carbons (Fsp3) is 0.636. The summed E-state index contributed by atoms with van der Waals surface area (Å²) in [6, 6.07) is 1.91. The van der Waals surface area contributed by atoms with Crippen LogP contribution in [-0.4, -0.2) is 36.1 Å². The molecule has 1 aromatic heterocycles. The van der Waals surface area contributed by atoms with Crippen LogP contribution < -0.4 is 21.5 Å². The molecule has 0 aromatic carbocycles. The number of aromatic nitrogens is 2. The first kappa shape index (κ1) is 12.1. The number of hydrogen-bond donors (Lipinski definition) is 3. The first-order valence-electron chi connectivity index (χ1n) is 6.13. The fourth-order valence-corrected chi connectivity index (χ4v) is 1.95. The predicted octanol–water partition coefficient (Wildman–Crippen LogP) is 0.124. The summed E-state index contributed by atoms with van der Waals surface area (Å²) in [5, 5.41) is 3.33. The number of nitrogens with one attached hydrogen (secondary N) is 2. The van der Waals surface area contributed by atoms with E-state index in [4.69, 9.17) is 5.84 Å². The average Bonchev–Trinajstić information content (AvgIpc) is 2.40. The lowest BCUT2D eigenvalue weighted by atomic mass is 10.3. The molecule has 1 aliphatic rings. The maximum atomic E-state index is 5.44. The van der Waals surface area contributed by atoms with Gasteiger partial charge in [-0.15, -0.1) is 0 Å². The largest absolute Gasteiger partial charge is 0.354 e. The van der Waals surface area contributed by atoms with Crippen LogP contribution in [0.3, 0.4) is 0 Å². The van der Waals surface area contributed by atoms with Crippen molar-refractivity contribution in [1.29, 1.82) is 0 Å². The quantitative estimate of drug-likeness (QED) is 0.509. The zero-order valence-electron chi connectivity index (χ0n) is 10.2. The Labute approximate surface area is 102 Å². The van der Waals surface area contributed by atoms with Gasteiger partial charge in [-0.25, -0.2) is 15.8 Å². The highest BCUT2D eigenvalue weighted by Crippen LogP contribution is 2.16. The molecule has 0 aliphatic carbocycles. The lowest BCUT2D eigenvalue weighted by molar-refractivity contribution is 0.583. The summed E-state index contributed by atoms with van der Waals surface area (Å²) in [5.41, 5.74) is 2.61. The molecular formula is C11H20N6. The van der Waals surface area contributed by atoms with Gasteiger partial charge in [0.05, 0.1) is 0 Å². The molecule has 0 unspecified atom stereocenters. The molecule has 0 atom stereocenters. The van der Waals surface area contributed by atoms with Crippen molar-refractivity contribution in [2.45, 2.75) is 19.8 Å². The molecule has 0 spiro atoms. The molecule has 1 fully saturated rings. The van der Waals surface area contributed by atoms with Crippen molar-refractivity contribution < 1.29 is 0 Å². The van der Waals surface area contributed by atoms with Crippen molar-refractivity contribution >= 4 is 11.6 Å². The molecule has 6 nitrogen and oxygen atoms in total. The van der Waals surface area contributed by atoms with Crippen molar-refractivity contribution in [2.24, 2.45) is 5.84 Å². The molecule has 6 heteroatoms. The third-order valence-electron chi connectivity index (χ3n) is 2.82. The molecule has 17 heavy (non-hydrogen) atoms. The molecule has 0 radical (unpaired) electrons. The third-order valence-corrected chi connectivity index (χ3v) is 2.82. The minimum Gasteiger partial charge on any atom is -0.354 e. The second-order valence-electron chi connectivity index (χ2n) is 4.16. The van der Waals surface area contributed by atoms with Gasteiger partial charge in [-0.3, -0.25) is 0 Å². The van der Waals surface area contributed by atoms with Crippen molar-refractivity contribution in [3.05, 3.63) is 11.9 Å². The maximum Gasteiger partial charge on any atom is 0.145 e. The number of hydrogen-bond acceptors (Lipinski definition) is 6. The number of nitrogens with two attached hydrogens (primary N) is 1. The van der Waals surface area contributed by atoms with Gasteiger partial charge < -0.3 is 15.6 Å². The van der Waals surface area contributed by atoms with E-state index in [0.717, 1.165) is 50.7 Å². The van der Waals surface area contributed by atoms with Gasteiger partial charge in [0.25, 0.3) is 0 Å². The number of piperazine rings is 1. The molecule has 4 N–H and O–H groups in total. The van der Waals surface area contributed by atoms with Crippen LogP contribution in [-0.2, 0) is 6.42 Å². The highest BCUT2D eigenvalue weighted by Gasteiger charge is 2.13. The summed E-state index contributed by atoms with van der Waals surface area (Å²) in [6.45, 7) is 6.08. The van der Waals surface area contributed by atoms with Crippen LogP contribution in [0.5, 0.6) is 0 Å². The number of anilines is 2. The first-order chi connectivity index (χ1) is 8.33. The highest BCUT2D eigenvalue weighted by atomic mass is 15.3. The molecule has 0 saturated carbocycles. The number of aryl methyl sites for hydroxylation is 1. The number of rotatable bonds is 4. The molecular weight excluding hydrogens is 216 g/mol. The summed E-state index contributed by atoms with van der Waals surface area (Å²) in [6.07, 6.45) is 1.92. The Morgan fingerprint density at radius 2 is 2.18 bits per heavy atom. The molecule has 1 aromatic rings. The molecule has 0 bridgehead atoms. The summed E-state index contributed by atoms with van der Waals surface area (Å²) >= 11 is 0. The van der Waals surface area contributed by atoms with Gasteiger partial charge in [-0.2, -0.15) is 0 Å². The average molecular weight is 236 g/mol. The lowest BCUT2D eigenvalue weighted by Crippen LogP contribution is -2.44. The van der Waals surface area contributed by atoms with E-state index in [0.29, 0.717) is 5.82 Å². The standard InChI is InChI=1S/C11H20N6/c1-2-3-9-14-10(16-12)8-11(15-9)17-6-4-13-5-7-17/h8,13H,2-7,12H2,1H3,(H,14,15,16). The summed E-state index contributed by atoms with van der Waals surface area (Å²) in [5.74, 6) is 7.96. The van der Waals surface area contributed by atoms with Gasteiger partial charge in [0, 0.05) is 38.7 Å². The summed E-state index contributed by atoms with van der Waals surface area (Å²) < 4.78 is 0. The van der Waals surface area contributed by atoms with Crippen LogP contribution in [0, 0.1) is 0 Å². The van der Waals surface area contributed by atoms with Crippen molar-refractivity contribution in [3.8, 4) is 0 Å². The van der Waals surface area contributed by atoms with Crippen molar-refractivity contribution in [2.75, 3.05) is 36.5 Å². The molecule has 2 heterocycles. The number of hydrazine groups is 1. The van der Waals surface area contributed by atoms with Crippen LogP contribution in [0.1, 0.15) is 19.2 Å². The van der Waals surface area contributed by atoms with Gasteiger partial charge in [-0.1, -0.05) is 6.92 Å². The monoisotopic (exact) mass is 236 g/mol. The van der Waals surface area contributed by atoms with Crippen LogP contribution >= 0.6 is 0 Å². The van der Waals surface area contributed by atoms with Gasteiger partial charge >= 0.3 is 0 Å². The van der Waals surface area contributed by atoms with E-state index in [1.54, 1.807) is 0 Å². The lowest BCUT2D eigenvalue weighted by Gasteiger charge is -2.28. The normalized spacial score (nSPS) is 16.0. The Hall–Kier alpha value is -1.40. The van der Waals surface area contributed by atoms with E-state index in [-0.39, 0.29) is 0 Å². The summed E-state index contributed by atoms with van der Waals surface area (Å²) in [4.78, 5) is 11.2. The van der Waals surface area contributed by atoms with E-state index in [9.17, 15) is 0 Å². The van der Waals surface area contributed by atoms with Crippen LogP contribution in [0.4, 0.5) is 11.6 Å². The Morgan fingerprint density at radius 3 is 2.82 bits per heavy atom. The molecule has 1 aliphatic heterocycles. The molecule has 2 rings (SSSR count). The van der Waals surface area contributed by atoms with Crippen LogP contribution in [0.25, 0.3) is 0 Å². The second-order valence-corrected chi connectivity index (χ2v) is 4.16. The SMILES string of the molecule is CCCc1nc(NN)cc(N2CCNCC2)n1. The first-order valence-corrected chi connectivity index (χ1v) is 6.13. The van der Waals surface area contributed by atoms with Crippen LogP contribution in [0.15, 0.2) is 6.07 Å². The van der Waals surface area contributed by atoms with Gasteiger partial charge in [-0.05, 0) is 6.42 Å². The Kier molecular flexibility index (Phi) is 4.11. The minimum atomic E-state index is 0.692. The molecule has 94 valence electrons. The number of nitrogen functional groups attached to an aromatic ring is 1. The predicted molar refractivity (Wildman–Crippen MR) is 68.9 cm³/mol. The number of nitrogens with zero attached hydrogens (tertiary/aromatic N) is 3. The minimum absolute atomic E-state index is 0.692. The van der Waals surface area contributed by atoms with Crippen molar-refractivity contribution in [1.82, 2.24) is 15.3 Å². The summed E-state index contributed by atoms with van der Waals surface area (Å²) in [7, 11) is 0. The highest BCUT2D eigenvalue weighted by molar-refractivity contribution is 5.49. The van der Waals surface area contributed by atoms with Crippen molar-refractivity contribution in [3.63, 3.8) is 0 Å². The van der Waals surface area contributed by atoms with Gasteiger partial charge in [0.15, 0.2) is 0 Å². The Balaban J connectivity index is 2.21. The third kappa shape index (κ3) is 3.04. The van der Waals surface area contributed by atoms with E-state index in [1.807, 2.05) is 6.07 Å². The smallest absolute Gasteiger partial charge is 0.145 e. The molecule has 1 saturated heterocycles. The Bertz CT molecular complexity index is 361. The maximum absolute atomic E-state index is 5.44. The zero-order chi connectivity index (χ0) is 12.1. The van der Waals surface area contributed by atoms with Crippen LogP contribution in [0.2, 0.25) is 0 Å². The van der Waals surface area contributed by atoms with E-state index in [1.165, 1.54) is 0 Å². The van der Waals surface area contributed by atoms with E-state index in [2.05, 4.69) is 32.5 Å². The van der Waals surface area contributed by atoms with Gasteiger partial charge in [0.2, 0.25) is 0 Å². The Morgan fingerprint density at radius 1 is 1.41 bits per heavy atom. The second kappa shape index (κ2) is 5.79. The van der Waals surface area contributed by atoms with Gasteiger partial charge in [0.1, 0.15) is 17.5 Å².